The molecule has 5 heteroatoms. The first-order chi connectivity index (χ1) is 8.70. The fourth-order valence-corrected chi connectivity index (χ4v) is 1.87. The maximum absolute atomic E-state index is 11.9. The number of benzene rings is 1. The summed E-state index contributed by atoms with van der Waals surface area (Å²) in [5.74, 6) is -0.0931. The van der Waals surface area contributed by atoms with Crippen molar-refractivity contribution in [3.63, 3.8) is 0 Å². The molecule has 0 spiro atoms. The molecule has 1 aromatic rings. The Kier molecular flexibility index (Phi) is 3.94. The third-order valence-electron chi connectivity index (χ3n) is 3.00. The van der Waals surface area contributed by atoms with Gasteiger partial charge in [-0.1, -0.05) is 17.3 Å². The van der Waals surface area contributed by atoms with Gasteiger partial charge >= 0.3 is 0 Å². The summed E-state index contributed by atoms with van der Waals surface area (Å²) in [6.07, 6.45) is 0.767. The van der Waals surface area contributed by atoms with Crippen molar-refractivity contribution >= 4 is 17.3 Å². The molecule has 1 aromatic carbocycles. The van der Waals surface area contributed by atoms with E-state index < -0.39 is 0 Å². The van der Waals surface area contributed by atoms with Gasteiger partial charge in [-0.25, -0.2) is 0 Å². The van der Waals surface area contributed by atoms with E-state index in [1.807, 2.05) is 18.2 Å². The topological polar surface area (TPSA) is 70.9 Å². The highest BCUT2D eigenvalue weighted by atomic mass is 16.5. The molecule has 0 saturated carbocycles. The van der Waals surface area contributed by atoms with Gasteiger partial charge in [-0.3, -0.25) is 4.79 Å². The van der Waals surface area contributed by atoms with Gasteiger partial charge in [0.05, 0.1) is 18.2 Å². The fraction of sp³-hybridized carbons (Fsp3) is 0.385. The molecule has 0 aliphatic carbocycles. The Hall–Kier alpha value is -1.88. The van der Waals surface area contributed by atoms with Gasteiger partial charge in [0.15, 0.2) is 0 Å². The summed E-state index contributed by atoms with van der Waals surface area (Å²) in [6.45, 7) is 2.84. The van der Waals surface area contributed by atoms with Crippen molar-refractivity contribution in [2.24, 2.45) is 11.1 Å². The van der Waals surface area contributed by atoms with Crippen molar-refractivity contribution in [2.75, 3.05) is 18.5 Å². The van der Waals surface area contributed by atoms with Crippen molar-refractivity contribution in [1.29, 1.82) is 0 Å². The number of nitrogens with one attached hydrogen (secondary N) is 1. The molecule has 1 heterocycles. The molecule has 18 heavy (non-hydrogen) atoms. The van der Waals surface area contributed by atoms with Crippen LogP contribution in [0.2, 0.25) is 0 Å². The first-order valence-corrected chi connectivity index (χ1v) is 5.88. The first kappa shape index (κ1) is 12.6. The quantitative estimate of drug-likeness (QED) is 0.487. The molecule has 2 N–H and O–H groups in total. The van der Waals surface area contributed by atoms with Gasteiger partial charge in [-0.15, -0.1) is 0 Å². The smallest absolute Gasteiger partial charge is 0.229 e. The van der Waals surface area contributed by atoms with Crippen LogP contribution < -0.4 is 5.32 Å². The number of anilines is 1. The number of amides is 1. The second-order valence-electron chi connectivity index (χ2n) is 4.32. The number of hydrogen-bond donors (Lipinski definition) is 2. The molecule has 0 bridgehead atoms. The normalized spacial score (nSPS) is 19.8. The molecular weight excluding hydrogens is 232 g/mol. The lowest BCUT2D eigenvalue weighted by Gasteiger charge is -2.10. The van der Waals surface area contributed by atoms with E-state index in [4.69, 9.17) is 9.94 Å². The van der Waals surface area contributed by atoms with E-state index >= 15 is 0 Å². The summed E-state index contributed by atoms with van der Waals surface area (Å²) < 4.78 is 5.18. The van der Waals surface area contributed by atoms with Crippen LogP contribution in [0.3, 0.4) is 0 Å². The fourth-order valence-electron chi connectivity index (χ4n) is 1.87. The van der Waals surface area contributed by atoms with Crippen molar-refractivity contribution in [2.45, 2.75) is 13.3 Å². The Morgan fingerprint density at radius 2 is 2.39 bits per heavy atom. The maximum Gasteiger partial charge on any atom is 0.229 e. The number of oxime groups is 1. The largest absolute Gasteiger partial charge is 0.411 e. The van der Waals surface area contributed by atoms with Gasteiger partial charge < -0.3 is 15.3 Å². The van der Waals surface area contributed by atoms with Crippen molar-refractivity contribution < 1.29 is 14.7 Å². The summed E-state index contributed by atoms with van der Waals surface area (Å²) in [5, 5.41) is 14.7. The molecule has 1 fully saturated rings. The highest BCUT2D eigenvalue weighted by molar-refractivity contribution is 6.00. The van der Waals surface area contributed by atoms with Gasteiger partial charge in [0.1, 0.15) is 0 Å². The monoisotopic (exact) mass is 248 g/mol. The number of rotatable bonds is 3. The second-order valence-corrected chi connectivity index (χ2v) is 4.32. The van der Waals surface area contributed by atoms with E-state index in [0.717, 1.165) is 12.0 Å². The van der Waals surface area contributed by atoms with Crippen molar-refractivity contribution in [3.8, 4) is 0 Å². The zero-order valence-electron chi connectivity index (χ0n) is 10.2. The molecular formula is C13H16N2O3. The summed E-state index contributed by atoms with van der Waals surface area (Å²) in [6, 6.07) is 7.22. The predicted octanol–water partition coefficient (Wildman–Crippen LogP) is 1.86. The van der Waals surface area contributed by atoms with Crippen LogP contribution in [0.5, 0.6) is 0 Å². The Morgan fingerprint density at radius 1 is 1.56 bits per heavy atom. The molecule has 0 aromatic heterocycles. The minimum absolute atomic E-state index is 0.0248. The Morgan fingerprint density at radius 3 is 3.06 bits per heavy atom. The van der Waals surface area contributed by atoms with Gasteiger partial charge in [0, 0.05) is 17.9 Å². The minimum atomic E-state index is -0.0683. The van der Waals surface area contributed by atoms with Crippen molar-refractivity contribution in [1.82, 2.24) is 0 Å². The van der Waals surface area contributed by atoms with Crippen LogP contribution >= 0.6 is 0 Å². The third kappa shape index (κ3) is 2.87. The van der Waals surface area contributed by atoms with Crippen molar-refractivity contribution in [3.05, 3.63) is 29.8 Å². The molecule has 1 atom stereocenters. The third-order valence-corrected chi connectivity index (χ3v) is 3.00. The number of carbonyl (C=O) groups is 1. The van der Waals surface area contributed by atoms with E-state index in [9.17, 15) is 4.79 Å². The average Bonchev–Trinajstić information content (AvgIpc) is 2.92. The second kappa shape index (κ2) is 5.64. The Bertz CT molecular complexity index is 465. The van der Waals surface area contributed by atoms with Crippen LogP contribution in [0.25, 0.3) is 0 Å². The van der Waals surface area contributed by atoms with Crippen LogP contribution in [-0.4, -0.2) is 30.0 Å². The van der Waals surface area contributed by atoms with E-state index in [2.05, 4.69) is 10.5 Å². The number of hydrogen-bond acceptors (Lipinski definition) is 4. The molecule has 1 aliphatic heterocycles. The molecule has 5 nitrogen and oxygen atoms in total. The zero-order chi connectivity index (χ0) is 13.0. The van der Waals surface area contributed by atoms with Crippen LogP contribution in [0.4, 0.5) is 5.69 Å². The first-order valence-electron chi connectivity index (χ1n) is 5.88. The summed E-state index contributed by atoms with van der Waals surface area (Å²) in [7, 11) is 0. The Balaban J connectivity index is 2.07. The van der Waals surface area contributed by atoms with Crippen LogP contribution in [0.15, 0.2) is 29.4 Å². The summed E-state index contributed by atoms with van der Waals surface area (Å²) in [4.78, 5) is 11.9. The number of ether oxygens (including phenoxy) is 1. The molecule has 0 radical (unpaired) electrons. The van der Waals surface area contributed by atoms with Crippen LogP contribution in [0, 0.1) is 5.92 Å². The SMILES string of the molecule is CC(=NO)c1cccc(NC(=O)C2CCOC2)c1. The number of nitrogens with zero attached hydrogens (tertiary/aromatic N) is 1. The lowest BCUT2D eigenvalue weighted by atomic mass is 10.1. The van der Waals surface area contributed by atoms with E-state index in [-0.39, 0.29) is 11.8 Å². The standard InChI is InChI=1S/C13H16N2O3/c1-9(15-17)10-3-2-4-12(7-10)14-13(16)11-5-6-18-8-11/h2-4,7,11,17H,5-6,8H2,1H3,(H,14,16). The van der Waals surface area contributed by atoms with Crippen LogP contribution in [-0.2, 0) is 9.53 Å². The Labute approximate surface area is 105 Å². The van der Waals surface area contributed by atoms with Gasteiger partial charge in [0.25, 0.3) is 0 Å². The van der Waals surface area contributed by atoms with E-state index in [0.29, 0.717) is 24.6 Å². The lowest BCUT2D eigenvalue weighted by Crippen LogP contribution is -2.22. The van der Waals surface area contributed by atoms with E-state index in [1.54, 1.807) is 13.0 Å². The summed E-state index contributed by atoms with van der Waals surface area (Å²) >= 11 is 0. The molecule has 1 aliphatic rings. The van der Waals surface area contributed by atoms with E-state index in [1.165, 1.54) is 0 Å². The summed E-state index contributed by atoms with van der Waals surface area (Å²) in [5.41, 5.74) is 1.99. The highest BCUT2D eigenvalue weighted by Gasteiger charge is 2.23. The zero-order valence-corrected chi connectivity index (χ0v) is 10.2. The lowest BCUT2D eigenvalue weighted by molar-refractivity contribution is -0.119. The molecule has 1 unspecified atom stereocenters. The maximum atomic E-state index is 11.9. The predicted molar refractivity (Wildman–Crippen MR) is 68.0 cm³/mol. The molecule has 1 saturated heterocycles. The minimum Gasteiger partial charge on any atom is -0.411 e. The highest BCUT2D eigenvalue weighted by Crippen LogP contribution is 2.17. The molecule has 1 amide bonds. The van der Waals surface area contributed by atoms with Gasteiger partial charge in [0.2, 0.25) is 5.91 Å². The van der Waals surface area contributed by atoms with Gasteiger partial charge in [-0.05, 0) is 25.5 Å². The number of carbonyl (C=O) groups excluding carboxylic acids is 1. The van der Waals surface area contributed by atoms with Gasteiger partial charge in [-0.2, -0.15) is 0 Å². The average molecular weight is 248 g/mol. The molecule has 2 rings (SSSR count). The van der Waals surface area contributed by atoms with Crippen LogP contribution in [0.1, 0.15) is 18.9 Å². The molecule has 96 valence electrons.